The van der Waals surface area contributed by atoms with Gasteiger partial charge in [0.05, 0.1) is 10.6 Å². The maximum atomic E-state index is 13.0. The Labute approximate surface area is 171 Å². The first kappa shape index (κ1) is 20.5. The van der Waals surface area contributed by atoms with Gasteiger partial charge < -0.3 is 15.3 Å². The number of aliphatic hydroxyl groups excluding tert-OH is 1. The van der Waals surface area contributed by atoms with Crippen LogP contribution in [0.2, 0.25) is 5.02 Å². The number of fused-ring (bicyclic) bond motifs is 1. The first-order chi connectivity index (χ1) is 13.3. The fraction of sp³-hybridized carbons (Fsp3) is 0.455. The lowest BCUT2D eigenvalue weighted by atomic mass is 9.64. The summed E-state index contributed by atoms with van der Waals surface area (Å²) in [6, 6.07) is 4.78. The molecule has 5 nitrogen and oxygen atoms in total. The fourth-order valence-corrected chi connectivity index (χ4v) is 4.63. The second kappa shape index (κ2) is 8.39. The van der Waals surface area contributed by atoms with Crippen LogP contribution in [0.4, 0.5) is 5.69 Å². The highest BCUT2D eigenvalue weighted by Gasteiger charge is 2.41. The second-order valence-electron chi connectivity index (χ2n) is 8.03. The largest absolute Gasteiger partial charge is 0.503 e. The predicted molar refractivity (Wildman–Crippen MR) is 112 cm³/mol. The number of allylic oxidation sites excluding steroid dienone is 2. The predicted octanol–water partition coefficient (Wildman–Crippen LogP) is 4.95. The lowest BCUT2D eigenvalue weighted by Gasteiger charge is -2.48. The Balaban J connectivity index is 1.70. The van der Waals surface area contributed by atoms with Crippen LogP contribution in [-0.2, 0) is 4.79 Å². The number of halogens is 1. The molecule has 2 amide bonds. The minimum Gasteiger partial charge on any atom is -0.503 e. The SMILES string of the molecule is C=C/C=C(\O)C(=O)Nc1ccc(C(=O)N2CCC3(C)CCCCC3C2)c(Cl)c1. The number of nitrogens with zero attached hydrogens (tertiary/aromatic N) is 1. The summed E-state index contributed by atoms with van der Waals surface area (Å²) in [7, 11) is 0. The van der Waals surface area contributed by atoms with Crippen molar-refractivity contribution in [2.45, 2.75) is 39.0 Å². The van der Waals surface area contributed by atoms with Crippen molar-refractivity contribution in [1.82, 2.24) is 4.90 Å². The van der Waals surface area contributed by atoms with Gasteiger partial charge in [-0.25, -0.2) is 0 Å². The van der Waals surface area contributed by atoms with Crippen molar-refractivity contribution in [2.24, 2.45) is 11.3 Å². The lowest BCUT2D eigenvalue weighted by molar-refractivity contribution is -0.115. The number of carbonyl (C=O) groups is 2. The molecule has 1 saturated carbocycles. The summed E-state index contributed by atoms with van der Waals surface area (Å²) in [6.45, 7) is 7.32. The molecule has 1 aromatic carbocycles. The molecule has 2 atom stereocenters. The Kier molecular flexibility index (Phi) is 6.14. The van der Waals surface area contributed by atoms with E-state index in [2.05, 4.69) is 18.8 Å². The van der Waals surface area contributed by atoms with Gasteiger partial charge in [-0.2, -0.15) is 0 Å². The highest BCUT2D eigenvalue weighted by molar-refractivity contribution is 6.34. The van der Waals surface area contributed by atoms with Gasteiger partial charge in [0.2, 0.25) is 0 Å². The summed E-state index contributed by atoms with van der Waals surface area (Å²) in [5.74, 6) is -0.626. The minimum absolute atomic E-state index is 0.0649. The molecule has 1 aliphatic heterocycles. The van der Waals surface area contributed by atoms with Crippen molar-refractivity contribution < 1.29 is 14.7 Å². The molecule has 28 heavy (non-hydrogen) atoms. The molecule has 0 spiro atoms. The average molecular weight is 403 g/mol. The summed E-state index contributed by atoms with van der Waals surface area (Å²) < 4.78 is 0. The molecule has 1 saturated heterocycles. The summed E-state index contributed by atoms with van der Waals surface area (Å²) in [6.07, 6.45) is 8.51. The maximum absolute atomic E-state index is 13.0. The molecule has 2 fully saturated rings. The van der Waals surface area contributed by atoms with Crippen LogP contribution in [0.15, 0.2) is 42.7 Å². The third-order valence-electron chi connectivity index (χ3n) is 6.18. The monoisotopic (exact) mass is 402 g/mol. The Morgan fingerprint density at radius 1 is 1.36 bits per heavy atom. The van der Waals surface area contributed by atoms with E-state index < -0.39 is 11.7 Å². The first-order valence-electron chi connectivity index (χ1n) is 9.76. The number of rotatable bonds is 4. The van der Waals surface area contributed by atoms with Crippen LogP contribution in [0.5, 0.6) is 0 Å². The molecule has 1 heterocycles. The van der Waals surface area contributed by atoms with Gasteiger partial charge >= 0.3 is 0 Å². The van der Waals surface area contributed by atoms with Gasteiger partial charge in [0.1, 0.15) is 0 Å². The molecular weight excluding hydrogens is 376 g/mol. The Bertz CT molecular complexity index is 820. The van der Waals surface area contributed by atoms with Crippen molar-refractivity contribution >= 4 is 29.1 Å². The number of anilines is 1. The third-order valence-corrected chi connectivity index (χ3v) is 6.50. The molecule has 1 aliphatic carbocycles. The van der Waals surface area contributed by atoms with Gasteiger partial charge in [0.15, 0.2) is 5.76 Å². The zero-order chi connectivity index (χ0) is 20.3. The number of piperidine rings is 1. The lowest BCUT2D eigenvalue weighted by Crippen LogP contribution is -2.49. The van der Waals surface area contributed by atoms with Crippen LogP contribution in [0.1, 0.15) is 49.4 Å². The molecule has 2 unspecified atom stereocenters. The molecule has 1 aromatic rings. The molecule has 0 aromatic heterocycles. The second-order valence-corrected chi connectivity index (χ2v) is 8.44. The Hall–Kier alpha value is -2.27. The van der Waals surface area contributed by atoms with Crippen LogP contribution in [0, 0.1) is 11.3 Å². The number of benzene rings is 1. The van der Waals surface area contributed by atoms with E-state index in [4.69, 9.17) is 11.6 Å². The van der Waals surface area contributed by atoms with Crippen LogP contribution in [-0.4, -0.2) is 34.9 Å². The average Bonchev–Trinajstić information content (AvgIpc) is 2.67. The van der Waals surface area contributed by atoms with Gasteiger partial charge in [-0.1, -0.05) is 44.0 Å². The highest BCUT2D eigenvalue weighted by atomic mass is 35.5. The standard InChI is InChI=1S/C22H27ClN2O3/c1-3-6-19(26)20(27)24-16-8-9-17(18(23)13-16)21(28)25-12-11-22(2)10-5-4-7-15(22)14-25/h3,6,8-9,13,15,26H,1,4-5,7,10-12,14H2,2H3,(H,24,27)/b19-6-. The number of hydrogen-bond donors (Lipinski definition) is 2. The van der Waals surface area contributed by atoms with E-state index in [-0.39, 0.29) is 10.9 Å². The molecule has 150 valence electrons. The van der Waals surface area contributed by atoms with Crippen LogP contribution in [0.3, 0.4) is 0 Å². The molecule has 3 rings (SSSR count). The van der Waals surface area contributed by atoms with E-state index in [1.807, 2.05) is 4.90 Å². The van der Waals surface area contributed by atoms with Crippen LogP contribution >= 0.6 is 11.6 Å². The minimum atomic E-state index is -0.664. The fourth-order valence-electron chi connectivity index (χ4n) is 4.36. The number of amides is 2. The van der Waals surface area contributed by atoms with Crippen molar-refractivity contribution in [1.29, 1.82) is 0 Å². The molecule has 0 bridgehead atoms. The highest BCUT2D eigenvalue weighted by Crippen LogP contribution is 2.46. The van der Waals surface area contributed by atoms with Gasteiger partial charge in [-0.05, 0) is 54.9 Å². The summed E-state index contributed by atoms with van der Waals surface area (Å²) in [5, 5.41) is 12.4. The van der Waals surface area contributed by atoms with E-state index in [0.717, 1.165) is 19.5 Å². The van der Waals surface area contributed by atoms with E-state index in [0.29, 0.717) is 22.6 Å². The topological polar surface area (TPSA) is 69.6 Å². The normalized spacial score (nSPS) is 25.0. The zero-order valence-corrected chi connectivity index (χ0v) is 17.0. The van der Waals surface area contributed by atoms with Gasteiger partial charge in [-0.3, -0.25) is 9.59 Å². The number of aliphatic hydroxyl groups is 1. The van der Waals surface area contributed by atoms with Crippen molar-refractivity contribution in [3.8, 4) is 0 Å². The van der Waals surface area contributed by atoms with Gasteiger partial charge in [0, 0.05) is 18.8 Å². The smallest absolute Gasteiger partial charge is 0.290 e. The molecule has 6 heteroatoms. The van der Waals surface area contributed by atoms with Crippen LogP contribution in [0.25, 0.3) is 0 Å². The van der Waals surface area contributed by atoms with Crippen molar-refractivity contribution in [3.05, 3.63) is 53.3 Å². The van der Waals surface area contributed by atoms with Crippen molar-refractivity contribution in [3.63, 3.8) is 0 Å². The Morgan fingerprint density at radius 3 is 2.86 bits per heavy atom. The van der Waals surface area contributed by atoms with E-state index in [1.54, 1.807) is 12.1 Å². The van der Waals surface area contributed by atoms with E-state index in [1.165, 1.54) is 43.9 Å². The number of hydrogen-bond acceptors (Lipinski definition) is 3. The van der Waals surface area contributed by atoms with E-state index >= 15 is 0 Å². The quantitative estimate of drug-likeness (QED) is 0.425. The number of nitrogens with one attached hydrogen (secondary N) is 1. The zero-order valence-electron chi connectivity index (χ0n) is 16.2. The van der Waals surface area contributed by atoms with Gasteiger partial charge in [0.25, 0.3) is 11.8 Å². The van der Waals surface area contributed by atoms with E-state index in [9.17, 15) is 14.7 Å². The molecule has 2 aliphatic rings. The van der Waals surface area contributed by atoms with Crippen molar-refractivity contribution in [2.75, 3.05) is 18.4 Å². The summed E-state index contributed by atoms with van der Waals surface area (Å²) >= 11 is 6.34. The molecule has 2 N–H and O–H groups in total. The molecular formula is C22H27ClN2O3. The Morgan fingerprint density at radius 2 is 2.14 bits per heavy atom. The first-order valence-corrected chi connectivity index (χ1v) is 10.1. The maximum Gasteiger partial charge on any atom is 0.290 e. The summed E-state index contributed by atoms with van der Waals surface area (Å²) in [5.41, 5.74) is 1.20. The number of carbonyl (C=O) groups excluding carboxylic acids is 2. The molecule has 0 radical (unpaired) electrons. The van der Waals surface area contributed by atoms with Gasteiger partial charge in [-0.15, -0.1) is 0 Å². The summed E-state index contributed by atoms with van der Waals surface area (Å²) in [4.78, 5) is 26.8. The third kappa shape index (κ3) is 4.25. The van der Waals surface area contributed by atoms with Crippen LogP contribution < -0.4 is 5.32 Å². The number of likely N-dealkylation sites (tertiary alicyclic amines) is 1.